The van der Waals surface area contributed by atoms with Gasteiger partial charge in [-0.25, -0.2) is 4.98 Å². The SMILES string of the molecule is CCNc1ncc(C)c(Nc2cc(C)ccc2OC)n1. The summed E-state index contributed by atoms with van der Waals surface area (Å²) in [5.41, 5.74) is 3.04. The topological polar surface area (TPSA) is 59.1 Å². The van der Waals surface area contributed by atoms with Gasteiger partial charge in [-0.15, -0.1) is 0 Å². The Morgan fingerprint density at radius 2 is 2.05 bits per heavy atom. The summed E-state index contributed by atoms with van der Waals surface area (Å²) in [6, 6.07) is 5.99. The molecule has 0 aliphatic heterocycles. The van der Waals surface area contributed by atoms with Crippen LogP contribution in [-0.2, 0) is 0 Å². The van der Waals surface area contributed by atoms with E-state index in [1.165, 1.54) is 0 Å². The molecule has 0 amide bonds. The third-order valence-electron chi connectivity index (χ3n) is 2.91. The highest BCUT2D eigenvalue weighted by Crippen LogP contribution is 2.29. The molecule has 2 rings (SSSR count). The maximum atomic E-state index is 5.37. The van der Waals surface area contributed by atoms with Crippen LogP contribution in [-0.4, -0.2) is 23.6 Å². The Morgan fingerprint density at radius 3 is 2.75 bits per heavy atom. The highest BCUT2D eigenvalue weighted by atomic mass is 16.5. The lowest BCUT2D eigenvalue weighted by Gasteiger charge is -2.13. The highest BCUT2D eigenvalue weighted by Gasteiger charge is 2.08. The van der Waals surface area contributed by atoms with Crippen LogP contribution < -0.4 is 15.4 Å². The van der Waals surface area contributed by atoms with Crippen LogP contribution in [0.3, 0.4) is 0 Å². The predicted molar refractivity (Wildman–Crippen MR) is 81.9 cm³/mol. The summed E-state index contributed by atoms with van der Waals surface area (Å²) in [6.45, 7) is 6.82. The molecular weight excluding hydrogens is 252 g/mol. The first-order valence-electron chi connectivity index (χ1n) is 6.63. The van der Waals surface area contributed by atoms with Crippen LogP contribution in [0.25, 0.3) is 0 Å². The third-order valence-corrected chi connectivity index (χ3v) is 2.91. The second-order valence-corrected chi connectivity index (χ2v) is 4.58. The Bertz CT molecular complexity index is 598. The van der Waals surface area contributed by atoms with E-state index in [4.69, 9.17) is 4.74 Å². The zero-order valence-electron chi connectivity index (χ0n) is 12.3. The lowest BCUT2D eigenvalue weighted by molar-refractivity contribution is 0.416. The van der Waals surface area contributed by atoms with Gasteiger partial charge < -0.3 is 15.4 Å². The van der Waals surface area contributed by atoms with Crippen molar-refractivity contribution in [2.24, 2.45) is 0 Å². The summed E-state index contributed by atoms with van der Waals surface area (Å²) in [5, 5.41) is 6.42. The van der Waals surface area contributed by atoms with Gasteiger partial charge in [-0.05, 0) is 38.5 Å². The fourth-order valence-electron chi connectivity index (χ4n) is 1.86. The fraction of sp³-hybridized carbons (Fsp3) is 0.333. The molecule has 0 bridgehead atoms. The van der Waals surface area contributed by atoms with Crippen molar-refractivity contribution < 1.29 is 4.74 Å². The predicted octanol–water partition coefficient (Wildman–Crippen LogP) is 3.28. The molecule has 0 atom stereocenters. The Labute approximate surface area is 119 Å². The van der Waals surface area contributed by atoms with Crippen molar-refractivity contribution in [3.63, 3.8) is 0 Å². The molecule has 0 radical (unpaired) electrons. The largest absolute Gasteiger partial charge is 0.495 e. The van der Waals surface area contributed by atoms with Gasteiger partial charge in [0.05, 0.1) is 12.8 Å². The van der Waals surface area contributed by atoms with Gasteiger partial charge in [-0.1, -0.05) is 6.07 Å². The van der Waals surface area contributed by atoms with E-state index in [0.717, 1.165) is 34.9 Å². The molecule has 2 N–H and O–H groups in total. The number of aromatic nitrogens is 2. The van der Waals surface area contributed by atoms with Crippen molar-refractivity contribution in [3.05, 3.63) is 35.5 Å². The summed E-state index contributed by atoms with van der Waals surface area (Å²) in [6.07, 6.45) is 1.80. The molecule has 20 heavy (non-hydrogen) atoms. The number of nitrogens with one attached hydrogen (secondary N) is 2. The smallest absolute Gasteiger partial charge is 0.224 e. The molecule has 0 saturated carbocycles. The van der Waals surface area contributed by atoms with Crippen molar-refractivity contribution in [1.82, 2.24) is 9.97 Å². The Morgan fingerprint density at radius 1 is 1.25 bits per heavy atom. The van der Waals surface area contributed by atoms with E-state index >= 15 is 0 Å². The molecule has 1 aromatic heterocycles. The van der Waals surface area contributed by atoms with Crippen molar-refractivity contribution >= 4 is 17.5 Å². The maximum absolute atomic E-state index is 5.37. The van der Waals surface area contributed by atoms with Gasteiger partial charge in [0, 0.05) is 18.3 Å². The van der Waals surface area contributed by atoms with E-state index in [1.54, 1.807) is 13.3 Å². The molecule has 5 nitrogen and oxygen atoms in total. The average molecular weight is 272 g/mol. The van der Waals surface area contributed by atoms with E-state index in [0.29, 0.717) is 5.95 Å². The second kappa shape index (κ2) is 6.23. The van der Waals surface area contributed by atoms with Crippen molar-refractivity contribution in [1.29, 1.82) is 0 Å². The fourth-order valence-corrected chi connectivity index (χ4v) is 1.86. The van der Waals surface area contributed by atoms with E-state index in [9.17, 15) is 0 Å². The standard InChI is InChI=1S/C15H20N4O/c1-5-16-15-17-9-11(3)14(19-15)18-12-8-10(2)6-7-13(12)20-4/h6-9H,5H2,1-4H3,(H2,16,17,18,19). The lowest BCUT2D eigenvalue weighted by Crippen LogP contribution is -2.06. The monoisotopic (exact) mass is 272 g/mol. The molecule has 0 spiro atoms. The van der Waals surface area contributed by atoms with Crippen LogP contribution in [0.15, 0.2) is 24.4 Å². The molecule has 0 unspecified atom stereocenters. The summed E-state index contributed by atoms with van der Waals surface area (Å²) >= 11 is 0. The summed E-state index contributed by atoms with van der Waals surface area (Å²) in [7, 11) is 1.66. The first-order chi connectivity index (χ1) is 9.63. The molecule has 0 saturated heterocycles. The Kier molecular flexibility index (Phi) is 4.40. The maximum Gasteiger partial charge on any atom is 0.224 e. The molecule has 0 fully saturated rings. The normalized spacial score (nSPS) is 10.2. The average Bonchev–Trinajstić information content (AvgIpc) is 2.43. The minimum atomic E-state index is 0.618. The van der Waals surface area contributed by atoms with Gasteiger partial charge in [-0.2, -0.15) is 4.98 Å². The molecule has 1 aromatic carbocycles. The summed E-state index contributed by atoms with van der Waals surface area (Å²) < 4.78 is 5.37. The van der Waals surface area contributed by atoms with Crippen LogP contribution in [0.2, 0.25) is 0 Å². The Hall–Kier alpha value is -2.30. The number of hydrogen-bond donors (Lipinski definition) is 2. The number of aryl methyl sites for hydroxylation is 2. The van der Waals surface area contributed by atoms with Crippen LogP contribution in [0.5, 0.6) is 5.75 Å². The highest BCUT2D eigenvalue weighted by molar-refractivity contribution is 5.67. The molecule has 2 aromatic rings. The minimum absolute atomic E-state index is 0.618. The zero-order chi connectivity index (χ0) is 14.5. The van der Waals surface area contributed by atoms with Crippen LogP contribution in [0.1, 0.15) is 18.1 Å². The zero-order valence-corrected chi connectivity index (χ0v) is 12.3. The number of ether oxygens (including phenoxy) is 1. The van der Waals surface area contributed by atoms with E-state index < -0.39 is 0 Å². The van der Waals surface area contributed by atoms with E-state index in [2.05, 4.69) is 20.6 Å². The van der Waals surface area contributed by atoms with Crippen molar-refractivity contribution in [2.75, 3.05) is 24.3 Å². The number of benzene rings is 1. The van der Waals surface area contributed by atoms with Gasteiger partial charge in [0.2, 0.25) is 5.95 Å². The van der Waals surface area contributed by atoms with Crippen molar-refractivity contribution in [2.45, 2.75) is 20.8 Å². The first-order valence-corrected chi connectivity index (χ1v) is 6.63. The number of anilines is 3. The number of methoxy groups -OCH3 is 1. The van der Waals surface area contributed by atoms with E-state index in [-0.39, 0.29) is 0 Å². The number of hydrogen-bond acceptors (Lipinski definition) is 5. The van der Waals surface area contributed by atoms with Crippen LogP contribution >= 0.6 is 0 Å². The van der Waals surface area contributed by atoms with Crippen LogP contribution in [0.4, 0.5) is 17.5 Å². The molecule has 0 aliphatic rings. The molecular formula is C15H20N4O. The molecule has 5 heteroatoms. The molecule has 1 heterocycles. The number of nitrogens with zero attached hydrogens (tertiary/aromatic N) is 2. The van der Waals surface area contributed by atoms with Crippen molar-refractivity contribution in [3.8, 4) is 5.75 Å². The van der Waals surface area contributed by atoms with E-state index in [1.807, 2.05) is 39.0 Å². The molecule has 0 aliphatic carbocycles. The van der Waals surface area contributed by atoms with Gasteiger partial charge in [-0.3, -0.25) is 0 Å². The van der Waals surface area contributed by atoms with Gasteiger partial charge in [0.1, 0.15) is 11.6 Å². The molecule has 106 valence electrons. The van der Waals surface area contributed by atoms with Gasteiger partial charge >= 0.3 is 0 Å². The minimum Gasteiger partial charge on any atom is -0.495 e. The third kappa shape index (κ3) is 3.17. The second-order valence-electron chi connectivity index (χ2n) is 4.58. The summed E-state index contributed by atoms with van der Waals surface area (Å²) in [4.78, 5) is 8.71. The summed E-state index contributed by atoms with van der Waals surface area (Å²) in [5.74, 6) is 2.19. The van der Waals surface area contributed by atoms with Gasteiger partial charge in [0.15, 0.2) is 0 Å². The quantitative estimate of drug-likeness (QED) is 0.874. The number of rotatable bonds is 5. The lowest BCUT2D eigenvalue weighted by atomic mass is 10.2. The first kappa shape index (κ1) is 14.1. The Balaban J connectivity index is 2.33. The van der Waals surface area contributed by atoms with Gasteiger partial charge in [0.25, 0.3) is 0 Å². The van der Waals surface area contributed by atoms with Crippen LogP contribution in [0, 0.1) is 13.8 Å².